The lowest BCUT2D eigenvalue weighted by Gasteiger charge is -2.35. The number of aromatic nitrogens is 2. The lowest BCUT2D eigenvalue weighted by molar-refractivity contribution is -0.132. The molecule has 2 aromatic heterocycles. The van der Waals surface area contributed by atoms with Gasteiger partial charge in [-0.05, 0) is 39.8 Å². The molecular formula is C18H26N4OS2. The van der Waals surface area contributed by atoms with Crippen LogP contribution in [0.25, 0.3) is 10.2 Å². The molecule has 0 spiro atoms. The van der Waals surface area contributed by atoms with Crippen LogP contribution in [0.15, 0.2) is 5.03 Å². The number of hydrogen-bond acceptors (Lipinski definition) is 6. The van der Waals surface area contributed by atoms with Crippen molar-refractivity contribution in [1.29, 1.82) is 0 Å². The topological polar surface area (TPSA) is 49.3 Å². The van der Waals surface area contributed by atoms with Gasteiger partial charge in [0.25, 0.3) is 0 Å². The number of nitrogens with zero attached hydrogens (tertiary/aromatic N) is 4. The van der Waals surface area contributed by atoms with Crippen LogP contribution in [0, 0.1) is 20.8 Å². The molecule has 2 aromatic rings. The first kappa shape index (κ1) is 18.6. The Labute approximate surface area is 157 Å². The van der Waals surface area contributed by atoms with E-state index in [0.29, 0.717) is 0 Å². The van der Waals surface area contributed by atoms with Crippen molar-refractivity contribution in [2.24, 2.45) is 0 Å². The zero-order chi connectivity index (χ0) is 18.1. The molecule has 1 saturated heterocycles. The van der Waals surface area contributed by atoms with E-state index in [0.717, 1.165) is 53.8 Å². The highest BCUT2D eigenvalue weighted by Crippen LogP contribution is 2.36. The number of carbonyl (C=O) groups excluding carboxylic acids is 1. The van der Waals surface area contributed by atoms with Crippen molar-refractivity contribution in [2.45, 2.75) is 44.9 Å². The molecule has 1 amide bonds. The Kier molecular flexibility index (Phi) is 5.65. The maximum absolute atomic E-state index is 12.9. The predicted molar refractivity (Wildman–Crippen MR) is 106 cm³/mol. The Balaban J connectivity index is 1.78. The molecule has 3 rings (SSSR count). The van der Waals surface area contributed by atoms with E-state index in [1.54, 1.807) is 23.1 Å². The number of thiophene rings is 1. The molecular weight excluding hydrogens is 352 g/mol. The second-order valence-electron chi connectivity index (χ2n) is 6.56. The standard InChI is InChI=1S/C18H26N4OS2/c1-6-21-7-9-22(10-8-21)18(23)13(4)25-17-15-11(2)12(3)24-16(15)19-14(5)20-17/h13H,6-10H2,1-5H3/t13-/m1/s1. The monoisotopic (exact) mass is 378 g/mol. The SMILES string of the molecule is CCN1CCN(C(=O)[C@@H](C)Sc2nc(C)nc3sc(C)c(C)c23)CC1. The van der Waals surface area contributed by atoms with Crippen LogP contribution in [-0.4, -0.2) is 63.6 Å². The van der Waals surface area contributed by atoms with Gasteiger partial charge in [0, 0.05) is 36.4 Å². The summed E-state index contributed by atoms with van der Waals surface area (Å²) < 4.78 is 0. The molecule has 1 fully saturated rings. The highest BCUT2D eigenvalue weighted by atomic mass is 32.2. The average Bonchev–Trinajstić information content (AvgIpc) is 2.88. The van der Waals surface area contributed by atoms with Gasteiger partial charge in [-0.25, -0.2) is 9.97 Å². The third-order valence-corrected chi connectivity index (χ3v) is 7.05. The van der Waals surface area contributed by atoms with Gasteiger partial charge >= 0.3 is 0 Å². The van der Waals surface area contributed by atoms with Crippen LogP contribution in [0.1, 0.15) is 30.1 Å². The van der Waals surface area contributed by atoms with Crippen LogP contribution in [-0.2, 0) is 4.79 Å². The molecule has 5 nitrogen and oxygen atoms in total. The predicted octanol–water partition coefficient (Wildman–Crippen LogP) is 3.26. The van der Waals surface area contributed by atoms with Crippen molar-refractivity contribution in [2.75, 3.05) is 32.7 Å². The number of amides is 1. The summed E-state index contributed by atoms with van der Waals surface area (Å²) in [4.78, 5) is 28.8. The fourth-order valence-electron chi connectivity index (χ4n) is 3.16. The zero-order valence-electron chi connectivity index (χ0n) is 15.6. The van der Waals surface area contributed by atoms with E-state index >= 15 is 0 Å². The van der Waals surface area contributed by atoms with Crippen LogP contribution in [0.5, 0.6) is 0 Å². The number of likely N-dealkylation sites (N-methyl/N-ethyl adjacent to an activating group) is 1. The van der Waals surface area contributed by atoms with Gasteiger partial charge in [0.2, 0.25) is 5.91 Å². The lowest BCUT2D eigenvalue weighted by atomic mass is 10.2. The summed E-state index contributed by atoms with van der Waals surface area (Å²) in [7, 11) is 0. The number of aryl methyl sites for hydroxylation is 3. The van der Waals surface area contributed by atoms with Crippen molar-refractivity contribution >= 4 is 39.2 Å². The highest BCUT2D eigenvalue weighted by Gasteiger charge is 2.26. The van der Waals surface area contributed by atoms with E-state index in [1.807, 2.05) is 18.7 Å². The van der Waals surface area contributed by atoms with E-state index < -0.39 is 0 Å². The number of fused-ring (bicyclic) bond motifs is 1. The van der Waals surface area contributed by atoms with Gasteiger partial charge in [0.15, 0.2) is 0 Å². The van der Waals surface area contributed by atoms with E-state index in [4.69, 9.17) is 0 Å². The Hall–Kier alpha value is -1.18. The molecule has 136 valence electrons. The van der Waals surface area contributed by atoms with E-state index in [1.165, 1.54) is 10.4 Å². The van der Waals surface area contributed by atoms with Gasteiger partial charge in [0.1, 0.15) is 15.7 Å². The largest absolute Gasteiger partial charge is 0.339 e. The van der Waals surface area contributed by atoms with E-state index in [9.17, 15) is 4.79 Å². The molecule has 0 bridgehead atoms. The van der Waals surface area contributed by atoms with Gasteiger partial charge in [-0.1, -0.05) is 18.7 Å². The third kappa shape index (κ3) is 3.83. The smallest absolute Gasteiger partial charge is 0.235 e. The van der Waals surface area contributed by atoms with Gasteiger partial charge in [0.05, 0.1) is 5.25 Å². The summed E-state index contributed by atoms with van der Waals surface area (Å²) in [6.07, 6.45) is 0. The first-order chi connectivity index (χ1) is 11.9. The van der Waals surface area contributed by atoms with Gasteiger partial charge in [-0.2, -0.15) is 0 Å². The van der Waals surface area contributed by atoms with Gasteiger partial charge in [-0.3, -0.25) is 4.79 Å². The Morgan fingerprint density at radius 1 is 1.20 bits per heavy atom. The highest BCUT2D eigenvalue weighted by molar-refractivity contribution is 8.00. The average molecular weight is 379 g/mol. The quantitative estimate of drug-likeness (QED) is 0.604. The van der Waals surface area contributed by atoms with E-state index in [-0.39, 0.29) is 11.2 Å². The summed E-state index contributed by atoms with van der Waals surface area (Å²) in [5.41, 5.74) is 1.23. The molecule has 7 heteroatoms. The second-order valence-corrected chi connectivity index (χ2v) is 9.09. The Morgan fingerprint density at radius 2 is 1.88 bits per heavy atom. The maximum atomic E-state index is 12.9. The first-order valence-electron chi connectivity index (χ1n) is 8.82. The van der Waals surface area contributed by atoms with Crippen molar-refractivity contribution in [1.82, 2.24) is 19.8 Å². The Morgan fingerprint density at radius 3 is 2.52 bits per heavy atom. The summed E-state index contributed by atoms with van der Waals surface area (Å²) >= 11 is 3.28. The van der Waals surface area contributed by atoms with Crippen LogP contribution in [0.2, 0.25) is 0 Å². The number of piperazine rings is 1. The van der Waals surface area contributed by atoms with Gasteiger partial charge < -0.3 is 9.80 Å². The van der Waals surface area contributed by atoms with Crippen molar-refractivity contribution in [3.05, 3.63) is 16.3 Å². The molecule has 3 heterocycles. The Bertz CT molecular complexity index is 781. The lowest BCUT2D eigenvalue weighted by Crippen LogP contribution is -2.50. The molecule has 25 heavy (non-hydrogen) atoms. The molecule has 0 aliphatic carbocycles. The fraction of sp³-hybridized carbons (Fsp3) is 0.611. The molecule has 0 N–H and O–H groups in total. The molecule has 1 aliphatic heterocycles. The van der Waals surface area contributed by atoms with E-state index in [2.05, 4.69) is 35.6 Å². The normalized spacial score (nSPS) is 17.2. The maximum Gasteiger partial charge on any atom is 0.235 e. The van der Waals surface area contributed by atoms with Crippen molar-refractivity contribution in [3.63, 3.8) is 0 Å². The van der Waals surface area contributed by atoms with Crippen LogP contribution in [0.3, 0.4) is 0 Å². The van der Waals surface area contributed by atoms with Gasteiger partial charge in [-0.15, -0.1) is 11.3 Å². The summed E-state index contributed by atoms with van der Waals surface area (Å²) in [5.74, 6) is 0.988. The molecule has 0 radical (unpaired) electrons. The van der Waals surface area contributed by atoms with Crippen molar-refractivity contribution in [3.8, 4) is 0 Å². The first-order valence-corrected chi connectivity index (χ1v) is 10.5. The minimum absolute atomic E-state index is 0.134. The van der Waals surface area contributed by atoms with Crippen LogP contribution < -0.4 is 0 Å². The molecule has 1 atom stereocenters. The minimum Gasteiger partial charge on any atom is -0.339 e. The number of rotatable bonds is 4. The second kappa shape index (κ2) is 7.60. The molecule has 1 aliphatic rings. The summed E-state index contributed by atoms with van der Waals surface area (Å²) in [6.45, 7) is 15.0. The van der Waals surface area contributed by atoms with Crippen LogP contribution >= 0.6 is 23.1 Å². The third-order valence-electron chi connectivity index (χ3n) is 4.87. The molecule has 0 saturated carbocycles. The van der Waals surface area contributed by atoms with Crippen LogP contribution in [0.4, 0.5) is 0 Å². The van der Waals surface area contributed by atoms with Crippen molar-refractivity contribution < 1.29 is 4.79 Å². The number of hydrogen-bond donors (Lipinski definition) is 0. The number of carbonyl (C=O) groups is 1. The molecule has 0 aromatic carbocycles. The summed E-state index contributed by atoms with van der Waals surface area (Å²) in [6, 6.07) is 0. The molecule has 0 unspecified atom stereocenters. The fourth-order valence-corrected chi connectivity index (χ4v) is 5.44. The summed E-state index contributed by atoms with van der Waals surface area (Å²) in [5, 5.41) is 1.93. The number of thioether (sulfide) groups is 1. The zero-order valence-corrected chi connectivity index (χ0v) is 17.3. The minimum atomic E-state index is -0.134.